The standard InChI is InChI=1S/C12H14N2O3/c1-8-2-4-9(5-3-8)10-6-13-12(17)14(10)7-11(15)16/h2-5,10H,6-7H2,1H3,(H,13,17)(H,15,16). The molecule has 1 aliphatic heterocycles. The fourth-order valence-corrected chi connectivity index (χ4v) is 1.95. The Labute approximate surface area is 99.0 Å². The Kier molecular flexibility index (Phi) is 2.99. The molecular weight excluding hydrogens is 220 g/mol. The number of benzene rings is 1. The van der Waals surface area contributed by atoms with Crippen molar-refractivity contribution in [3.05, 3.63) is 35.4 Å². The molecule has 0 aliphatic carbocycles. The number of carboxylic acid groups (broad SMARTS) is 1. The van der Waals surface area contributed by atoms with Crippen LogP contribution in [0.3, 0.4) is 0 Å². The highest BCUT2D eigenvalue weighted by Gasteiger charge is 2.32. The quantitative estimate of drug-likeness (QED) is 0.824. The van der Waals surface area contributed by atoms with Crippen LogP contribution in [0.4, 0.5) is 4.79 Å². The number of aryl methyl sites for hydroxylation is 1. The minimum atomic E-state index is -1.00. The number of carbonyl (C=O) groups excluding carboxylic acids is 1. The van der Waals surface area contributed by atoms with E-state index in [0.717, 1.165) is 11.1 Å². The Hall–Kier alpha value is -2.04. The summed E-state index contributed by atoms with van der Waals surface area (Å²) < 4.78 is 0. The van der Waals surface area contributed by atoms with E-state index in [9.17, 15) is 9.59 Å². The lowest BCUT2D eigenvalue weighted by Gasteiger charge is -2.21. The number of carboxylic acids is 1. The van der Waals surface area contributed by atoms with E-state index < -0.39 is 5.97 Å². The van der Waals surface area contributed by atoms with Gasteiger partial charge in [0, 0.05) is 6.54 Å². The molecule has 1 atom stereocenters. The van der Waals surface area contributed by atoms with Crippen LogP contribution in [0.15, 0.2) is 24.3 Å². The molecular formula is C12H14N2O3. The minimum absolute atomic E-state index is 0.195. The van der Waals surface area contributed by atoms with Gasteiger partial charge in [0.25, 0.3) is 0 Å². The maximum Gasteiger partial charge on any atom is 0.323 e. The third kappa shape index (κ3) is 2.38. The van der Waals surface area contributed by atoms with Crippen LogP contribution in [0.1, 0.15) is 17.2 Å². The lowest BCUT2D eigenvalue weighted by Crippen LogP contribution is -2.34. The molecule has 0 saturated carbocycles. The summed E-state index contributed by atoms with van der Waals surface area (Å²) in [7, 11) is 0. The van der Waals surface area contributed by atoms with E-state index in [0.29, 0.717) is 6.54 Å². The van der Waals surface area contributed by atoms with E-state index in [2.05, 4.69) is 5.32 Å². The molecule has 2 rings (SSSR count). The number of carbonyl (C=O) groups is 2. The third-order valence-corrected chi connectivity index (χ3v) is 2.85. The van der Waals surface area contributed by atoms with Gasteiger partial charge in [-0.1, -0.05) is 29.8 Å². The number of hydrogen-bond donors (Lipinski definition) is 2. The largest absolute Gasteiger partial charge is 0.480 e. The van der Waals surface area contributed by atoms with Gasteiger partial charge in [0.15, 0.2) is 0 Å². The maximum atomic E-state index is 11.5. The molecule has 1 fully saturated rings. The van der Waals surface area contributed by atoms with Gasteiger partial charge in [-0.2, -0.15) is 0 Å². The first kappa shape index (κ1) is 11.4. The van der Waals surface area contributed by atoms with Crippen LogP contribution < -0.4 is 5.32 Å². The summed E-state index contributed by atoms with van der Waals surface area (Å²) in [5.41, 5.74) is 2.09. The summed E-state index contributed by atoms with van der Waals surface area (Å²) in [6.45, 7) is 2.16. The molecule has 1 aromatic carbocycles. The van der Waals surface area contributed by atoms with Crippen LogP contribution in [-0.4, -0.2) is 35.1 Å². The maximum absolute atomic E-state index is 11.5. The van der Waals surface area contributed by atoms with Crippen molar-refractivity contribution < 1.29 is 14.7 Å². The van der Waals surface area contributed by atoms with Gasteiger partial charge < -0.3 is 15.3 Å². The summed E-state index contributed by atoms with van der Waals surface area (Å²) in [5.74, 6) is -1.00. The van der Waals surface area contributed by atoms with Gasteiger partial charge in [-0.15, -0.1) is 0 Å². The van der Waals surface area contributed by atoms with Crippen molar-refractivity contribution in [3.8, 4) is 0 Å². The van der Waals surface area contributed by atoms with Crippen LogP contribution in [0.25, 0.3) is 0 Å². The Morgan fingerprint density at radius 3 is 2.71 bits per heavy atom. The van der Waals surface area contributed by atoms with Crippen molar-refractivity contribution in [2.24, 2.45) is 0 Å². The van der Waals surface area contributed by atoms with Crippen molar-refractivity contribution in [1.82, 2.24) is 10.2 Å². The fourth-order valence-electron chi connectivity index (χ4n) is 1.95. The molecule has 17 heavy (non-hydrogen) atoms. The number of aliphatic carboxylic acids is 1. The topological polar surface area (TPSA) is 69.6 Å². The predicted octanol–water partition coefficient (Wildman–Crippen LogP) is 1.15. The smallest absolute Gasteiger partial charge is 0.323 e. The van der Waals surface area contributed by atoms with Gasteiger partial charge in [-0.05, 0) is 12.5 Å². The second kappa shape index (κ2) is 4.45. The van der Waals surface area contributed by atoms with Crippen molar-refractivity contribution in [1.29, 1.82) is 0 Å². The zero-order chi connectivity index (χ0) is 12.4. The molecule has 5 heteroatoms. The molecule has 1 aromatic rings. The van der Waals surface area contributed by atoms with Gasteiger partial charge in [0.05, 0.1) is 6.04 Å². The third-order valence-electron chi connectivity index (χ3n) is 2.85. The van der Waals surface area contributed by atoms with E-state index >= 15 is 0 Å². The highest BCUT2D eigenvalue weighted by Crippen LogP contribution is 2.24. The van der Waals surface area contributed by atoms with Crippen LogP contribution in [0, 0.1) is 6.92 Å². The summed E-state index contributed by atoms with van der Waals surface area (Å²) >= 11 is 0. The van der Waals surface area contributed by atoms with Crippen molar-refractivity contribution in [2.75, 3.05) is 13.1 Å². The van der Waals surface area contributed by atoms with Crippen LogP contribution in [0.5, 0.6) is 0 Å². The molecule has 5 nitrogen and oxygen atoms in total. The molecule has 1 saturated heterocycles. The molecule has 0 radical (unpaired) electrons. The second-order valence-electron chi connectivity index (χ2n) is 4.13. The molecule has 1 heterocycles. The van der Waals surface area contributed by atoms with Crippen molar-refractivity contribution in [3.63, 3.8) is 0 Å². The van der Waals surface area contributed by atoms with Gasteiger partial charge in [-0.3, -0.25) is 4.79 Å². The summed E-state index contributed by atoms with van der Waals surface area (Å²) in [6, 6.07) is 7.25. The molecule has 0 aromatic heterocycles. The van der Waals surface area contributed by atoms with Crippen LogP contribution in [0.2, 0.25) is 0 Å². The Morgan fingerprint density at radius 2 is 2.12 bits per heavy atom. The van der Waals surface area contributed by atoms with E-state index in [1.54, 1.807) is 0 Å². The summed E-state index contributed by atoms with van der Waals surface area (Å²) in [6.07, 6.45) is 0. The Morgan fingerprint density at radius 1 is 1.47 bits per heavy atom. The number of rotatable bonds is 3. The van der Waals surface area contributed by atoms with Crippen LogP contribution in [-0.2, 0) is 4.79 Å². The average molecular weight is 234 g/mol. The van der Waals surface area contributed by atoms with E-state index in [-0.39, 0.29) is 18.6 Å². The zero-order valence-electron chi connectivity index (χ0n) is 9.51. The fraction of sp³-hybridized carbons (Fsp3) is 0.333. The van der Waals surface area contributed by atoms with Crippen LogP contribution >= 0.6 is 0 Å². The summed E-state index contributed by atoms with van der Waals surface area (Å²) in [4.78, 5) is 23.6. The number of hydrogen-bond acceptors (Lipinski definition) is 2. The summed E-state index contributed by atoms with van der Waals surface area (Å²) in [5, 5.41) is 11.4. The lowest BCUT2D eigenvalue weighted by atomic mass is 10.1. The molecule has 1 aliphatic rings. The minimum Gasteiger partial charge on any atom is -0.480 e. The molecule has 0 bridgehead atoms. The molecule has 2 amide bonds. The van der Waals surface area contributed by atoms with E-state index in [1.165, 1.54) is 4.90 Å². The highest BCUT2D eigenvalue weighted by molar-refractivity contribution is 5.82. The molecule has 0 spiro atoms. The predicted molar refractivity (Wildman–Crippen MR) is 61.7 cm³/mol. The zero-order valence-corrected chi connectivity index (χ0v) is 9.51. The van der Waals surface area contributed by atoms with Crippen molar-refractivity contribution >= 4 is 12.0 Å². The van der Waals surface area contributed by atoms with Gasteiger partial charge >= 0.3 is 12.0 Å². The number of amides is 2. The van der Waals surface area contributed by atoms with Gasteiger partial charge in [-0.25, -0.2) is 4.79 Å². The first-order chi connectivity index (χ1) is 8.08. The Balaban J connectivity index is 2.22. The SMILES string of the molecule is Cc1ccc(C2CNC(=O)N2CC(=O)O)cc1. The first-order valence-electron chi connectivity index (χ1n) is 5.41. The number of urea groups is 1. The molecule has 90 valence electrons. The second-order valence-corrected chi connectivity index (χ2v) is 4.13. The van der Waals surface area contributed by atoms with Gasteiger partial charge in [0.2, 0.25) is 0 Å². The Bertz CT molecular complexity index is 442. The number of nitrogens with zero attached hydrogens (tertiary/aromatic N) is 1. The lowest BCUT2D eigenvalue weighted by molar-refractivity contribution is -0.137. The normalized spacial score (nSPS) is 19.2. The van der Waals surface area contributed by atoms with Gasteiger partial charge in [0.1, 0.15) is 6.54 Å². The molecule has 2 N–H and O–H groups in total. The highest BCUT2D eigenvalue weighted by atomic mass is 16.4. The monoisotopic (exact) mass is 234 g/mol. The number of nitrogens with one attached hydrogen (secondary N) is 1. The first-order valence-corrected chi connectivity index (χ1v) is 5.41. The van der Waals surface area contributed by atoms with E-state index in [1.807, 2.05) is 31.2 Å². The van der Waals surface area contributed by atoms with Crippen molar-refractivity contribution in [2.45, 2.75) is 13.0 Å². The molecule has 1 unspecified atom stereocenters. The van der Waals surface area contributed by atoms with E-state index in [4.69, 9.17) is 5.11 Å². The average Bonchev–Trinajstić information content (AvgIpc) is 2.61.